The molecule has 3 heterocycles. The summed E-state index contributed by atoms with van der Waals surface area (Å²) in [6, 6.07) is 12.4. The standard InChI is InChI=1S/C22H30N4O2/c27-17-22(9-6-18-4-2-1-3-5-18)10-14-25(15-11-22)21-23-12-7-20(24-21)26-13-8-19(28)16-26/h1-5,7,12,19,27-28H,6,8-11,13-17H2. The molecule has 0 amide bonds. The van der Waals surface area contributed by atoms with Crippen LogP contribution in [0.3, 0.4) is 0 Å². The summed E-state index contributed by atoms with van der Waals surface area (Å²) in [4.78, 5) is 13.6. The first-order valence-electron chi connectivity index (χ1n) is 10.3. The minimum atomic E-state index is -0.261. The third-order valence-electron chi connectivity index (χ3n) is 6.34. The van der Waals surface area contributed by atoms with E-state index < -0.39 is 0 Å². The molecule has 2 aliphatic heterocycles. The summed E-state index contributed by atoms with van der Waals surface area (Å²) in [5.41, 5.74) is 1.32. The van der Waals surface area contributed by atoms with Crippen molar-refractivity contribution < 1.29 is 10.2 Å². The predicted molar refractivity (Wildman–Crippen MR) is 111 cm³/mol. The van der Waals surface area contributed by atoms with Crippen LogP contribution in [0.5, 0.6) is 0 Å². The SMILES string of the molecule is OCC1(CCc2ccccc2)CCN(c2nccc(N3CCC(O)C3)n2)CC1. The van der Waals surface area contributed by atoms with E-state index in [2.05, 4.69) is 39.0 Å². The molecule has 150 valence electrons. The van der Waals surface area contributed by atoms with E-state index >= 15 is 0 Å². The highest BCUT2D eigenvalue weighted by atomic mass is 16.3. The highest BCUT2D eigenvalue weighted by molar-refractivity contribution is 5.45. The van der Waals surface area contributed by atoms with E-state index in [1.807, 2.05) is 18.3 Å². The van der Waals surface area contributed by atoms with E-state index in [1.165, 1.54) is 5.56 Å². The molecule has 0 spiro atoms. The summed E-state index contributed by atoms with van der Waals surface area (Å²) < 4.78 is 0. The topological polar surface area (TPSA) is 72.7 Å². The average Bonchev–Trinajstić information content (AvgIpc) is 3.20. The van der Waals surface area contributed by atoms with Crippen molar-refractivity contribution in [3.63, 3.8) is 0 Å². The fourth-order valence-electron chi connectivity index (χ4n) is 4.34. The van der Waals surface area contributed by atoms with Crippen molar-refractivity contribution in [1.29, 1.82) is 0 Å². The highest BCUT2D eigenvalue weighted by Gasteiger charge is 2.34. The summed E-state index contributed by atoms with van der Waals surface area (Å²) in [7, 11) is 0. The van der Waals surface area contributed by atoms with Crippen molar-refractivity contribution in [2.45, 2.75) is 38.2 Å². The van der Waals surface area contributed by atoms with Gasteiger partial charge in [-0.25, -0.2) is 4.98 Å². The first kappa shape index (κ1) is 19.2. The van der Waals surface area contributed by atoms with E-state index in [0.29, 0.717) is 6.54 Å². The number of benzene rings is 1. The molecule has 1 unspecified atom stereocenters. The number of hydrogen-bond donors (Lipinski definition) is 2. The Balaban J connectivity index is 1.37. The summed E-state index contributed by atoms with van der Waals surface area (Å²) in [6.07, 6.45) is 6.26. The molecule has 0 saturated carbocycles. The van der Waals surface area contributed by atoms with E-state index in [1.54, 1.807) is 0 Å². The van der Waals surface area contributed by atoms with Crippen LogP contribution in [0.1, 0.15) is 31.2 Å². The fraction of sp³-hybridized carbons (Fsp3) is 0.545. The van der Waals surface area contributed by atoms with E-state index in [0.717, 1.165) is 63.5 Å². The molecule has 2 saturated heterocycles. The third-order valence-corrected chi connectivity index (χ3v) is 6.34. The van der Waals surface area contributed by atoms with Crippen molar-refractivity contribution in [3.8, 4) is 0 Å². The number of hydrogen-bond acceptors (Lipinski definition) is 6. The maximum Gasteiger partial charge on any atom is 0.227 e. The molecule has 28 heavy (non-hydrogen) atoms. The van der Waals surface area contributed by atoms with Crippen molar-refractivity contribution in [2.24, 2.45) is 5.41 Å². The Bertz CT molecular complexity index is 762. The normalized spacial score (nSPS) is 21.9. The quantitative estimate of drug-likeness (QED) is 0.798. The van der Waals surface area contributed by atoms with Gasteiger partial charge in [-0.15, -0.1) is 0 Å². The van der Waals surface area contributed by atoms with Gasteiger partial charge in [0.25, 0.3) is 0 Å². The van der Waals surface area contributed by atoms with Crippen LogP contribution in [-0.2, 0) is 6.42 Å². The molecule has 4 rings (SSSR count). The van der Waals surface area contributed by atoms with Gasteiger partial charge in [0, 0.05) is 39.0 Å². The third kappa shape index (κ3) is 4.28. The van der Waals surface area contributed by atoms with Gasteiger partial charge in [-0.3, -0.25) is 0 Å². The van der Waals surface area contributed by atoms with Crippen LogP contribution in [0.25, 0.3) is 0 Å². The Labute approximate surface area is 166 Å². The molecule has 2 N–H and O–H groups in total. The van der Waals surface area contributed by atoms with Crippen LogP contribution in [0.15, 0.2) is 42.6 Å². The number of rotatable bonds is 6. The largest absolute Gasteiger partial charge is 0.396 e. The van der Waals surface area contributed by atoms with Gasteiger partial charge in [0.05, 0.1) is 6.10 Å². The molecule has 2 aliphatic rings. The van der Waals surface area contributed by atoms with Gasteiger partial charge in [-0.1, -0.05) is 30.3 Å². The molecular formula is C22H30N4O2. The first-order valence-corrected chi connectivity index (χ1v) is 10.3. The molecule has 0 bridgehead atoms. The number of nitrogens with zero attached hydrogens (tertiary/aromatic N) is 4. The van der Waals surface area contributed by atoms with Crippen LogP contribution in [0.2, 0.25) is 0 Å². The molecule has 0 radical (unpaired) electrons. The van der Waals surface area contributed by atoms with Crippen molar-refractivity contribution in [2.75, 3.05) is 42.6 Å². The maximum absolute atomic E-state index is 10.1. The number of aliphatic hydroxyl groups excluding tert-OH is 2. The molecule has 1 atom stereocenters. The summed E-state index contributed by atoms with van der Waals surface area (Å²) in [5.74, 6) is 1.65. The number of aliphatic hydroxyl groups is 2. The van der Waals surface area contributed by atoms with Crippen molar-refractivity contribution in [3.05, 3.63) is 48.2 Å². The molecule has 6 heteroatoms. The molecule has 1 aromatic carbocycles. The number of piperidine rings is 1. The van der Waals surface area contributed by atoms with E-state index in [9.17, 15) is 10.2 Å². The zero-order chi connectivity index (χ0) is 19.4. The number of anilines is 2. The molecule has 2 aromatic rings. The number of aryl methyl sites for hydroxylation is 1. The highest BCUT2D eigenvalue weighted by Crippen LogP contribution is 2.36. The Morgan fingerprint density at radius 1 is 1.04 bits per heavy atom. The molecular weight excluding hydrogens is 352 g/mol. The molecule has 1 aromatic heterocycles. The number of β-amino-alcohol motifs (C(OH)–C–C–N with tert-alkyl or cyclic N) is 1. The van der Waals surface area contributed by atoms with Gasteiger partial charge in [0.2, 0.25) is 5.95 Å². The van der Waals surface area contributed by atoms with Crippen LogP contribution in [0.4, 0.5) is 11.8 Å². The lowest BCUT2D eigenvalue weighted by atomic mass is 9.75. The summed E-state index contributed by atoms with van der Waals surface area (Å²) in [6.45, 7) is 3.44. The van der Waals surface area contributed by atoms with Crippen LogP contribution >= 0.6 is 0 Å². The van der Waals surface area contributed by atoms with Gasteiger partial charge in [0.15, 0.2) is 0 Å². The van der Waals surface area contributed by atoms with Crippen LogP contribution in [0, 0.1) is 5.41 Å². The molecule has 2 fully saturated rings. The minimum absolute atomic E-state index is 0.0109. The second-order valence-corrected chi connectivity index (χ2v) is 8.23. The average molecular weight is 383 g/mol. The van der Waals surface area contributed by atoms with Gasteiger partial charge < -0.3 is 20.0 Å². The van der Waals surface area contributed by atoms with Crippen LogP contribution in [-0.4, -0.2) is 59.1 Å². The summed E-state index contributed by atoms with van der Waals surface area (Å²) >= 11 is 0. The van der Waals surface area contributed by atoms with Crippen molar-refractivity contribution >= 4 is 11.8 Å². The van der Waals surface area contributed by atoms with Crippen LogP contribution < -0.4 is 9.80 Å². The van der Waals surface area contributed by atoms with Gasteiger partial charge in [-0.05, 0) is 49.1 Å². The van der Waals surface area contributed by atoms with Gasteiger partial charge >= 0.3 is 0 Å². The Kier molecular flexibility index (Phi) is 5.78. The lowest BCUT2D eigenvalue weighted by Crippen LogP contribution is -2.43. The zero-order valence-electron chi connectivity index (χ0n) is 16.4. The monoisotopic (exact) mass is 382 g/mol. The van der Waals surface area contributed by atoms with Gasteiger partial charge in [0.1, 0.15) is 5.82 Å². The lowest BCUT2D eigenvalue weighted by molar-refractivity contribution is 0.0871. The number of aromatic nitrogens is 2. The second-order valence-electron chi connectivity index (χ2n) is 8.23. The minimum Gasteiger partial charge on any atom is -0.396 e. The summed E-state index contributed by atoms with van der Waals surface area (Å²) in [5, 5.41) is 19.9. The zero-order valence-corrected chi connectivity index (χ0v) is 16.4. The Hall–Kier alpha value is -2.18. The van der Waals surface area contributed by atoms with Gasteiger partial charge in [-0.2, -0.15) is 4.98 Å². The second kappa shape index (κ2) is 8.45. The van der Waals surface area contributed by atoms with Crippen molar-refractivity contribution in [1.82, 2.24) is 9.97 Å². The fourth-order valence-corrected chi connectivity index (χ4v) is 4.34. The molecule has 0 aliphatic carbocycles. The maximum atomic E-state index is 10.1. The lowest BCUT2D eigenvalue weighted by Gasteiger charge is -2.41. The Morgan fingerprint density at radius 3 is 2.50 bits per heavy atom. The smallest absolute Gasteiger partial charge is 0.227 e. The first-order chi connectivity index (χ1) is 13.7. The van der Waals surface area contributed by atoms with E-state index in [4.69, 9.17) is 4.98 Å². The molecule has 6 nitrogen and oxygen atoms in total. The predicted octanol–water partition coefficient (Wildman–Crippen LogP) is 2.26. The van der Waals surface area contributed by atoms with E-state index in [-0.39, 0.29) is 18.1 Å². The Morgan fingerprint density at radius 2 is 1.82 bits per heavy atom.